The van der Waals surface area contributed by atoms with Crippen LogP contribution in [0.3, 0.4) is 0 Å². The van der Waals surface area contributed by atoms with Gasteiger partial charge in [0.25, 0.3) is 5.91 Å². The molecule has 1 aromatic heterocycles. The van der Waals surface area contributed by atoms with Gasteiger partial charge in [0.2, 0.25) is 5.91 Å². The molecule has 0 bridgehead atoms. The second-order valence-corrected chi connectivity index (χ2v) is 18.8. The summed E-state index contributed by atoms with van der Waals surface area (Å²) in [6.07, 6.45) is 4.06. The number of aromatic nitrogens is 3. The van der Waals surface area contributed by atoms with Crippen LogP contribution < -0.4 is 19.7 Å². The maximum atomic E-state index is 15.2. The van der Waals surface area contributed by atoms with Crippen molar-refractivity contribution in [3.05, 3.63) is 95.8 Å². The summed E-state index contributed by atoms with van der Waals surface area (Å²) in [4.78, 5) is 31.8. The quantitative estimate of drug-likeness (QED) is 0.227. The van der Waals surface area contributed by atoms with E-state index in [0.29, 0.717) is 38.9 Å². The lowest BCUT2D eigenvalue weighted by Crippen LogP contribution is -2.51. The van der Waals surface area contributed by atoms with Crippen molar-refractivity contribution < 1.29 is 24.2 Å². The molecule has 7 rings (SSSR count). The highest BCUT2D eigenvalue weighted by atomic mass is 28.3. The first-order valence-electron chi connectivity index (χ1n) is 17.3. The normalized spacial score (nSPS) is 23.6. The summed E-state index contributed by atoms with van der Waals surface area (Å²) >= 11 is 0. The number of rotatable bonds is 11. The molecule has 3 aliphatic heterocycles. The molecule has 0 aliphatic carbocycles. The molecular weight excluding hydrogens is 635 g/mol. The van der Waals surface area contributed by atoms with Gasteiger partial charge in [-0.05, 0) is 54.3 Å². The molecule has 10 nitrogen and oxygen atoms in total. The first-order valence-corrected chi connectivity index (χ1v) is 20.4. The molecule has 3 aliphatic rings. The number of aliphatic hydroxyl groups excluding tert-OH is 1. The molecule has 2 amide bonds. The van der Waals surface area contributed by atoms with E-state index in [9.17, 15) is 9.90 Å². The Morgan fingerprint density at radius 2 is 1.84 bits per heavy atom. The lowest BCUT2D eigenvalue weighted by Gasteiger charge is -2.37. The van der Waals surface area contributed by atoms with E-state index in [0.717, 1.165) is 40.4 Å². The Kier molecular flexibility index (Phi) is 8.93. The van der Waals surface area contributed by atoms with Gasteiger partial charge >= 0.3 is 0 Å². The van der Waals surface area contributed by atoms with E-state index >= 15 is 4.79 Å². The summed E-state index contributed by atoms with van der Waals surface area (Å²) in [5, 5.41) is 19.2. The predicted octanol–water partition coefficient (Wildman–Crippen LogP) is 4.80. The van der Waals surface area contributed by atoms with Gasteiger partial charge in [0.15, 0.2) is 5.60 Å². The third-order valence-electron chi connectivity index (χ3n) is 11.0. The van der Waals surface area contributed by atoms with Gasteiger partial charge in [-0.15, -0.1) is 5.10 Å². The van der Waals surface area contributed by atoms with E-state index in [4.69, 9.17) is 9.47 Å². The third-order valence-corrected chi connectivity index (χ3v) is 15.3. The van der Waals surface area contributed by atoms with Crippen LogP contribution in [0.5, 0.6) is 5.75 Å². The van der Waals surface area contributed by atoms with Crippen molar-refractivity contribution in [3.63, 3.8) is 0 Å². The number of carbonyl (C=O) groups excluding carboxylic acids is 2. The summed E-state index contributed by atoms with van der Waals surface area (Å²) in [5.41, 5.74) is 3.11. The van der Waals surface area contributed by atoms with Crippen LogP contribution >= 0.6 is 0 Å². The van der Waals surface area contributed by atoms with Crippen LogP contribution in [0, 0.1) is 5.92 Å². The molecule has 0 unspecified atom stereocenters. The number of aliphatic hydroxyl groups is 1. The number of nitrogens with zero attached hydrogens (tertiary/aromatic N) is 5. The maximum Gasteiger partial charge on any atom is 0.264 e. The molecule has 49 heavy (non-hydrogen) atoms. The number of aryl methyl sites for hydroxylation is 1. The first kappa shape index (κ1) is 33.2. The number of methoxy groups -OCH3 is 1. The topological polar surface area (TPSA) is 110 Å². The Bertz CT molecular complexity index is 1830. The van der Waals surface area contributed by atoms with Crippen LogP contribution in [0.15, 0.2) is 79.0 Å². The largest absolute Gasteiger partial charge is 0.497 e. The van der Waals surface area contributed by atoms with Crippen LogP contribution in [0.2, 0.25) is 18.6 Å². The van der Waals surface area contributed by atoms with Gasteiger partial charge in [0, 0.05) is 55.9 Å². The summed E-state index contributed by atoms with van der Waals surface area (Å²) in [6.45, 7) is 8.62. The Hall–Kier alpha value is -4.32. The Morgan fingerprint density at radius 1 is 1.06 bits per heavy atom. The number of hydrogen-bond acceptors (Lipinski definition) is 7. The summed E-state index contributed by atoms with van der Waals surface area (Å²) in [7, 11) is -0.663. The minimum absolute atomic E-state index is 0.0141. The maximum absolute atomic E-state index is 15.2. The zero-order valence-electron chi connectivity index (χ0n) is 28.7. The van der Waals surface area contributed by atoms with Crippen molar-refractivity contribution in [2.45, 2.75) is 76.0 Å². The van der Waals surface area contributed by atoms with Crippen LogP contribution in [0.4, 0.5) is 11.4 Å². The fraction of sp³-hybridized carbons (Fsp3) is 0.421. The van der Waals surface area contributed by atoms with Gasteiger partial charge in [-0.3, -0.25) is 14.3 Å². The Morgan fingerprint density at radius 3 is 2.53 bits per heavy atom. The molecule has 1 N–H and O–H groups in total. The van der Waals surface area contributed by atoms with Gasteiger partial charge in [-0.25, -0.2) is 0 Å². The number of carbonyl (C=O) groups is 2. The summed E-state index contributed by atoms with van der Waals surface area (Å²) in [5.74, 6) is 0.694. The highest BCUT2D eigenvalue weighted by molar-refractivity contribution is 6.91. The van der Waals surface area contributed by atoms with Crippen molar-refractivity contribution >= 4 is 36.4 Å². The first-order chi connectivity index (χ1) is 23.7. The van der Waals surface area contributed by atoms with Crippen LogP contribution in [0.25, 0.3) is 0 Å². The number of ether oxygens (including phenoxy) is 2. The van der Waals surface area contributed by atoms with Crippen molar-refractivity contribution in [1.82, 2.24) is 15.0 Å². The molecule has 2 fully saturated rings. The minimum Gasteiger partial charge on any atom is -0.497 e. The summed E-state index contributed by atoms with van der Waals surface area (Å²) in [6, 6.07) is 24.5. The zero-order valence-corrected chi connectivity index (χ0v) is 29.7. The molecule has 0 radical (unpaired) electrons. The molecule has 11 heteroatoms. The van der Waals surface area contributed by atoms with Gasteiger partial charge in [-0.1, -0.05) is 72.9 Å². The average Bonchev–Trinajstić information content (AvgIpc) is 3.87. The lowest BCUT2D eigenvalue weighted by atomic mass is 9.82. The minimum atomic E-state index is -2.34. The number of benzene rings is 3. The highest BCUT2D eigenvalue weighted by Crippen LogP contribution is 2.60. The van der Waals surface area contributed by atoms with E-state index in [2.05, 4.69) is 48.5 Å². The highest BCUT2D eigenvalue weighted by Gasteiger charge is 2.66. The third kappa shape index (κ3) is 5.77. The number of fused-ring (bicyclic) bond motifs is 2. The molecule has 0 saturated carbocycles. The van der Waals surface area contributed by atoms with Crippen molar-refractivity contribution in [2.24, 2.45) is 5.92 Å². The van der Waals surface area contributed by atoms with Gasteiger partial charge < -0.3 is 24.4 Å². The zero-order chi connectivity index (χ0) is 34.3. The Balaban J connectivity index is 1.33. The van der Waals surface area contributed by atoms with Crippen molar-refractivity contribution in [3.8, 4) is 5.75 Å². The SMILES string of the molecule is COc1ccc([Si](C)(C)[C@@H]2[C@@H](CCn3cc(CCO)nn3)O[C@]3(C(=O)N(Cc4ccccc4)c4ccc(N5CCCC5=O)cc43)[C@H]2C)cc1. The smallest absolute Gasteiger partial charge is 0.264 e. The van der Waals surface area contributed by atoms with Crippen molar-refractivity contribution in [1.29, 1.82) is 0 Å². The molecule has 1 spiro atoms. The molecule has 2 saturated heterocycles. The fourth-order valence-electron chi connectivity index (χ4n) is 8.52. The predicted molar refractivity (Wildman–Crippen MR) is 191 cm³/mol. The Labute approximate surface area is 288 Å². The van der Waals surface area contributed by atoms with E-state index in [-0.39, 0.29) is 36.0 Å². The molecule has 256 valence electrons. The van der Waals surface area contributed by atoms with Gasteiger partial charge in [0.05, 0.1) is 39.2 Å². The average molecular weight is 680 g/mol. The number of anilines is 2. The molecule has 4 atom stereocenters. The number of hydrogen-bond donors (Lipinski definition) is 1. The van der Waals surface area contributed by atoms with Gasteiger partial charge in [0.1, 0.15) is 5.75 Å². The van der Waals surface area contributed by atoms with Crippen LogP contribution in [0.1, 0.15) is 43.0 Å². The van der Waals surface area contributed by atoms with E-state index < -0.39 is 13.7 Å². The fourth-order valence-corrected chi connectivity index (χ4v) is 12.6. The second-order valence-electron chi connectivity index (χ2n) is 14.1. The molecular formula is C38H45N5O5Si. The monoisotopic (exact) mass is 679 g/mol. The molecule has 4 aromatic rings. The van der Waals surface area contributed by atoms with E-state index in [1.54, 1.807) is 7.11 Å². The van der Waals surface area contributed by atoms with Crippen molar-refractivity contribution in [2.75, 3.05) is 30.1 Å². The van der Waals surface area contributed by atoms with Crippen LogP contribution in [-0.4, -0.2) is 66.4 Å². The number of amides is 2. The standard InChI is InChI=1S/C38H45N5O5Si/c1-26-36(49(3,4)31-15-13-30(47-2)14-16-31)34(18-21-41-25-28(19-22-44)39-40-41)48-38(26)32-23-29(42-20-8-11-35(42)45)12-17-33(32)43(37(38)46)24-27-9-6-5-7-10-27/h5-7,9-10,12-17,23,25-26,34,36,44H,8,11,18-22,24H2,1-4H3/t26-,34+,36-,38+/m0/s1. The van der Waals surface area contributed by atoms with Crippen LogP contribution in [-0.2, 0) is 39.4 Å². The van der Waals surface area contributed by atoms with E-state index in [1.807, 2.05) is 75.3 Å². The summed E-state index contributed by atoms with van der Waals surface area (Å²) < 4.78 is 14.6. The van der Waals surface area contributed by atoms with E-state index in [1.165, 1.54) is 5.19 Å². The molecule has 4 heterocycles. The second kappa shape index (κ2) is 13.2. The molecule has 3 aromatic carbocycles. The van der Waals surface area contributed by atoms with Gasteiger partial charge in [-0.2, -0.15) is 0 Å². The lowest BCUT2D eigenvalue weighted by molar-refractivity contribution is -0.146.